The van der Waals surface area contributed by atoms with E-state index in [1.54, 1.807) is 75.1 Å². The second-order valence-corrected chi connectivity index (χ2v) is 24.1. The Kier molecular flexibility index (Phi) is 32.8. The maximum Gasteiger partial charge on any atom is 0.162 e. The monoisotopic (exact) mass is 1260 g/mol. The van der Waals surface area contributed by atoms with Crippen LogP contribution in [0.5, 0.6) is 17.2 Å². The Morgan fingerprint density at radius 3 is 1.33 bits per heavy atom. The van der Waals surface area contributed by atoms with Gasteiger partial charge in [-0.1, -0.05) is 107 Å². The van der Waals surface area contributed by atoms with Crippen LogP contribution in [-0.4, -0.2) is 131 Å². The lowest BCUT2D eigenvalue weighted by Gasteiger charge is -2.38. The normalized spacial score (nSPS) is 14.9. The number of nitrogens with zero attached hydrogens (tertiary/aromatic N) is 3. The van der Waals surface area contributed by atoms with Gasteiger partial charge < -0.3 is 35.0 Å². The summed E-state index contributed by atoms with van der Waals surface area (Å²) in [4.78, 5) is 44.6. The van der Waals surface area contributed by atoms with Gasteiger partial charge in [0.1, 0.15) is 17.2 Å². The highest BCUT2D eigenvalue weighted by atomic mass is 35.5. The third-order valence-corrected chi connectivity index (χ3v) is 16.7. The molecular weight excluding hydrogens is 1170 g/mol. The summed E-state index contributed by atoms with van der Waals surface area (Å²) >= 11 is 5.51. The number of carbonyl (C=O) groups is 3. The van der Waals surface area contributed by atoms with Crippen LogP contribution in [0.25, 0.3) is 0 Å². The lowest BCUT2D eigenvalue weighted by molar-refractivity contribution is -0.0208. The number of aryl methyl sites for hydroxylation is 3. The predicted octanol–water partition coefficient (Wildman–Crippen LogP) is 14.6. The van der Waals surface area contributed by atoms with Crippen molar-refractivity contribution < 1.29 is 39.2 Å². The number of ether oxygens (including phenoxy) is 2. The summed E-state index contributed by atoms with van der Waals surface area (Å²) in [5, 5.41) is 33.8. The van der Waals surface area contributed by atoms with Gasteiger partial charge >= 0.3 is 0 Å². The number of nitrogens with one attached hydrogen (secondary N) is 1. The van der Waals surface area contributed by atoms with Crippen LogP contribution in [0.4, 0.5) is 0 Å². The molecule has 2 saturated heterocycles. The van der Waals surface area contributed by atoms with E-state index in [9.17, 15) is 29.7 Å². The summed E-state index contributed by atoms with van der Waals surface area (Å²) in [6.45, 7) is 13.8. The molecule has 0 unspecified atom stereocenters. The van der Waals surface area contributed by atoms with Crippen LogP contribution >= 0.6 is 24.0 Å². The molecule has 0 aliphatic carbocycles. The Morgan fingerprint density at radius 1 is 0.533 bits per heavy atom. The van der Waals surface area contributed by atoms with Gasteiger partial charge in [0.2, 0.25) is 0 Å². The fourth-order valence-electron chi connectivity index (χ4n) is 10.8. The van der Waals surface area contributed by atoms with Gasteiger partial charge in [0.25, 0.3) is 0 Å². The molecule has 6 aromatic carbocycles. The van der Waals surface area contributed by atoms with E-state index in [-0.39, 0.29) is 35.5 Å². The number of phenolic OH excluding ortho intramolecular Hbond substituents is 1. The number of piperidine rings is 2. The van der Waals surface area contributed by atoms with Crippen molar-refractivity contribution in [2.45, 2.75) is 122 Å². The third-order valence-electron chi connectivity index (χ3n) is 16.4. The number of aromatic nitrogens is 1. The van der Waals surface area contributed by atoms with Gasteiger partial charge in [0.15, 0.2) is 17.3 Å². The molecule has 0 bridgehead atoms. The lowest BCUT2D eigenvalue weighted by atomic mass is 9.85. The first-order valence-electron chi connectivity index (χ1n) is 31.6. The number of likely N-dealkylation sites (tertiary alicyclic amines) is 1. The number of Topliss-reactive ketones (excluding diaryl/α,β-unsaturated/α-hetero) is 3. The van der Waals surface area contributed by atoms with Crippen LogP contribution in [0.1, 0.15) is 135 Å². The Hall–Kier alpha value is -7.00. The zero-order valence-electron chi connectivity index (χ0n) is 53.6. The highest BCUT2D eigenvalue weighted by molar-refractivity contribution is 6.18. The zero-order chi connectivity index (χ0) is 63.7. The largest absolute Gasteiger partial charge is 0.508 e. The first-order valence-corrected chi connectivity index (χ1v) is 32.1. The number of hydrogen-bond acceptors (Lipinski definition) is 12. The van der Waals surface area contributed by atoms with Crippen molar-refractivity contribution in [1.82, 2.24) is 20.1 Å². The van der Waals surface area contributed by atoms with Gasteiger partial charge in [-0.15, -0.1) is 24.0 Å². The summed E-state index contributed by atoms with van der Waals surface area (Å²) in [7, 11) is 3.22. The van der Waals surface area contributed by atoms with Crippen molar-refractivity contribution in [3.63, 3.8) is 0 Å². The van der Waals surface area contributed by atoms with E-state index in [0.29, 0.717) is 30.7 Å². The smallest absolute Gasteiger partial charge is 0.162 e. The van der Waals surface area contributed by atoms with Gasteiger partial charge in [-0.05, 0) is 206 Å². The van der Waals surface area contributed by atoms with Crippen molar-refractivity contribution in [1.29, 1.82) is 0 Å². The minimum atomic E-state index is -0.606. The van der Waals surface area contributed by atoms with Crippen LogP contribution in [0.15, 0.2) is 188 Å². The second kappa shape index (κ2) is 40.0. The number of aromatic hydroxyl groups is 1. The third kappa shape index (κ3) is 27.6. The topological polar surface area (TPSA) is 162 Å². The maximum absolute atomic E-state index is 12.3. The van der Waals surface area contributed by atoms with Crippen LogP contribution in [-0.2, 0) is 19.3 Å². The molecule has 7 aromatic rings. The number of rotatable bonds is 22. The van der Waals surface area contributed by atoms with E-state index in [2.05, 4.69) is 120 Å². The van der Waals surface area contributed by atoms with E-state index in [1.165, 1.54) is 39.0 Å². The summed E-state index contributed by atoms with van der Waals surface area (Å²) < 4.78 is 10.1. The van der Waals surface area contributed by atoms with Gasteiger partial charge in [0.05, 0.1) is 25.4 Å². The number of carbonyl (C=O) groups excluding carboxylic acids is 3. The van der Waals surface area contributed by atoms with E-state index < -0.39 is 11.2 Å². The molecule has 12 nitrogen and oxygen atoms in total. The molecule has 4 heterocycles. The van der Waals surface area contributed by atoms with Crippen LogP contribution in [0, 0.1) is 20.8 Å². The SMILES string of the molecule is COc1ccc(C(=O)CCCCl)cc1.COc1ccc(C(=O)CCCN2CCC(O)(Cc3ccc(C)cc3)CC2)cc1.Cc1ccc(CC2(O)CCNCC2)cc1.Cc1ccc(CC2=CCN(CCCC(=O)c3ccc(O)cc3)CC2)cc1.Cl.c1ccncc1. The maximum atomic E-state index is 12.3. The molecule has 0 saturated carbocycles. The van der Waals surface area contributed by atoms with E-state index >= 15 is 0 Å². The molecule has 3 aliphatic heterocycles. The van der Waals surface area contributed by atoms with Crippen molar-refractivity contribution in [2.24, 2.45) is 0 Å². The number of aliphatic hydroxyl groups is 2. The quantitative estimate of drug-likeness (QED) is 0.0289. The van der Waals surface area contributed by atoms with Gasteiger partial charge in [0, 0.05) is 93.2 Å². The molecule has 0 atom stereocenters. The molecule has 0 spiro atoms. The number of hydrogen-bond donors (Lipinski definition) is 4. The molecule has 2 fully saturated rings. The fourth-order valence-corrected chi connectivity index (χ4v) is 10.9. The molecule has 482 valence electrons. The van der Waals surface area contributed by atoms with Crippen molar-refractivity contribution in [3.8, 4) is 17.2 Å². The molecule has 4 N–H and O–H groups in total. The first-order chi connectivity index (χ1) is 43.0. The summed E-state index contributed by atoms with van der Waals surface area (Å²) in [5.74, 6) is 2.72. The number of phenols is 1. The highest BCUT2D eigenvalue weighted by Gasteiger charge is 2.32. The Morgan fingerprint density at radius 2 is 0.944 bits per heavy atom. The number of pyridine rings is 1. The zero-order valence-corrected chi connectivity index (χ0v) is 55.2. The fraction of sp³-hybridized carbons (Fsp3) is 0.395. The number of ketones is 3. The summed E-state index contributed by atoms with van der Waals surface area (Å²) in [6, 6.07) is 52.4. The standard InChI is InChI=1S/C24H31NO3.C23H27NO2.C13H19NO.C11H13ClO2.C5H5N.ClH/c1-19-5-7-20(8-6-19)18-24(27)13-16-25(17-14-24)15-3-4-23(26)21-9-11-22(28-2)12-10-21;1-18-4-6-19(7-5-18)17-20-12-15-24(16-13-20)14-2-3-23(26)21-8-10-22(25)11-9-21;1-11-2-4-12(5-3-11)10-13(15)6-8-14-9-7-13;1-14-10-6-4-9(5-7-10)11(13)3-2-8-12;1-2-4-6-5-3-1;/h5-12,27H,3-4,13-18H2,1-2H3;4-12,25H,2-3,13-17H2,1H3;2-5,14-15H,6-10H2,1H3;4-7H,2-3,8H2,1H3;1-5H;1H. The molecule has 14 heteroatoms. The van der Waals surface area contributed by atoms with Gasteiger partial charge in [-0.2, -0.15) is 0 Å². The summed E-state index contributed by atoms with van der Waals surface area (Å²) in [5.41, 5.74) is 10.2. The van der Waals surface area contributed by atoms with E-state index in [1.807, 2.05) is 42.5 Å². The highest BCUT2D eigenvalue weighted by Crippen LogP contribution is 2.28. The Bertz CT molecular complexity index is 3140. The Balaban J connectivity index is 0.000000218. The average molecular weight is 1260 g/mol. The molecule has 90 heavy (non-hydrogen) atoms. The van der Waals surface area contributed by atoms with E-state index in [4.69, 9.17) is 21.1 Å². The van der Waals surface area contributed by atoms with Crippen molar-refractivity contribution >= 4 is 41.4 Å². The van der Waals surface area contributed by atoms with Crippen molar-refractivity contribution in [3.05, 3.63) is 238 Å². The number of benzene rings is 6. The number of halogens is 2. The number of alkyl halides is 1. The summed E-state index contributed by atoms with van der Waals surface area (Å²) in [6.07, 6.45) is 16.9. The van der Waals surface area contributed by atoms with Gasteiger partial charge in [-0.3, -0.25) is 24.3 Å². The lowest BCUT2D eigenvalue weighted by Crippen LogP contribution is -2.45. The van der Waals surface area contributed by atoms with Gasteiger partial charge in [-0.25, -0.2) is 0 Å². The molecule has 0 amide bonds. The first kappa shape index (κ1) is 73.7. The minimum Gasteiger partial charge on any atom is -0.508 e. The van der Waals surface area contributed by atoms with Crippen molar-refractivity contribution in [2.75, 3.05) is 72.5 Å². The molecule has 3 aliphatic rings. The average Bonchev–Trinajstić information content (AvgIpc) is 2.03. The predicted molar refractivity (Wildman–Crippen MR) is 368 cm³/mol. The van der Waals surface area contributed by atoms with E-state index in [0.717, 1.165) is 146 Å². The molecule has 1 aromatic heterocycles. The molecular formula is C76H96Cl2N4O8. The Labute approximate surface area is 547 Å². The van der Waals surface area contributed by atoms with Crippen LogP contribution in [0.2, 0.25) is 0 Å². The molecule has 10 rings (SSSR count). The number of methoxy groups -OCH3 is 2. The minimum absolute atomic E-state index is 0. The second-order valence-electron chi connectivity index (χ2n) is 23.7. The molecule has 0 radical (unpaired) electrons. The van der Waals surface area contributed by atoms with Crippen LogP contribution in [0.3, 0.4) is 0 Å². The van der Waals surface area contributed by atoms with Crippen LogP contribution < -0.4 is 14.8 Å².